The third-order valence-electron chi connectivity index (χ3n) is 3.99. The smallest absolute Gasteiger partial charge is 0.266 e. The molecule has 0 unspecified atom stereocenters. The maximum Gasteiger partial charge on any atom is 0.266 e. The number of anilines is 1. The quantitative estimate of drug-likeness (QED) is 0.919. The molecule has 3 heterocycles. The molecular weight excluding hydrogens is 314 g/mol. The summed E-state index contributed by atoms with van der Waals surface area (Å²) in [4.78, 5) is 36.2. The number of nitrogens with zero attached hydrogens (tertiary/aromatic N) is 4. The average molecular weight is 333 g/mol. The van der Waals surface area contributed by atoms with Crippen molar-refractivity contribution in [1.82, 2.24) is 19.4 Å². The van der Waals surface area contributed by atoms with E-state index < -0.39 is 0 Å². The summed E-state index contributed by atoms with van der Waals surface area (Å²) in [6.07, 6.45) is 0. The van der Waals surface area contributed by atoms with Gasteiger partial charge < -0.3 is 10.2 Å². The Morgan fingerprint density at radius 3 is 2.74 bits per heavy atom. The Morgan fingerprint density at radius 1 is 1.30 bits per heavy atom. The highest BCUT2D eigenvalue weighted by molar-refractivity contribution is 7.17. The van der Waals surface area contributed by atoms with E-state index in [-0.39, 0.29) is 11.5 Å². The molecule has 0 spiro atoms. The van der Waals surface area contributed by atoms with Crippen LogP contribution in [-0.2, 0) is 20.1 Å². The second-order valence-electron chi connectivity index (χ2n) is 5.57. The van der Waals surface area contributed by atoms with E-state index in [1.54, 1.807) is 18.9 Å². The van der Waals surface area contributed by atoms with Crippen LogP contribution < -0.4 is 10.9 Å². The van der Waals surface area contributed by atoms with Gasteiger partial charge in [-0.1, -0.05) is 11.3 Å². The van der Waals surface area contributed by atoms with Crippen LogP contribution in [0.1, 0.15) is 39.4 Å². The molecule has 1 amide bonds. The summed E-state index contributed by atoms with van der Waals surface area (Å²) in [5, 5.41) is 3.87. The highest BCUT2D eigenvalue weighted by Gasteiger charge is 2.30. The molecule has 0 saturated carbocycles. The molecule has 0 aliphatic carbocycles. The van der Waals surface area contributed by atoms with Crippen LogP contribution in [0.15, 0.2) is 4.79 Å². The number of carbonyl (C=O) groups excluding carboxylic acids is 1. The Balaban J connectivity index is 1.89. The monoisotopic (exact) mass is 333 g/mol. The Hall–Kier alpha value is -2.22. The highest BCUT2D eigenvalue weighted by Crippen LogP contribution is 2.27. The number of aryl methyl sites for hydroxylation is 2. The normalized spacial score (nSPS) is 13.3. The van der Waals surface area contributed by atoms with E-state index in [1.165, 1.54) is 15.9 Å². The number of nitrogens with one attached hydrogen (secondary N) is 1. The van der Waals surface area contributed by atoms with E-state index >= 15 is 0 Å². The summed E-state index contributed by atoms with van der Waals surface area (Å²) in [5.41, 5.74) is 1.95. The van der Waals surface area contributed by atoms with Crippen molar-refractivity contribution < 1.29 is 4.79 Å². The van der Waals surface area contributed by atoms with Crippen molar-refractivity contribution in [2.75, 3.05) is 11.9 Å². The third-order valence-corrected chi connectivity index (χ3v) is 5.09. The molecule has 0 radical (unpaired) electrons. The lowest BCUT2D eigenvalue weighted by Crippen LogP contribution is -2.27. The second kappa shape index (κ2) is 5.77. The highest BCUT2D eigenvalue weighted by atomic mass is 32.1. The molecule has 0 aromatic carbocycles. The van der Waals surface area contributed by atoms with Crippen LogP contribution >= 0.6 is 11.3 Å². The molecule has 1 aliphatic heterocycles. The number of aromatic nitrogens is 3. The zero-order valence-corrected chi connectivity index (χ0v) is 14.5. The molecule has 0 bridgehead atoms. The molecule has 7 nitrogen and oxygen atoms in total. The van der Waals surface area contributed by atoms with Gasteiger partial charge in [-0.2, -0.15) is 0 Å². The van der Waals surface area contributed by atoms with Crippen molar-refractivity contribution in [3.05, 3.63) is 38.0 Å². The predicted molar refractivity (Wildman–Crippen MR) is 88.8 cm³/mol. The summed E-state index contributed by atoms with van der Waals surface area (Å²) in [6.45, 7) is 7.05. The summed E-state index contributed by atoms with van der Waals surface area (Å²) in [7, 11) is 1.70. The van der Waals surface area contributed by atoms with Crippen molar-refractivity contribution in [2.24, 2.45) is 7.05 Å². The molecule has 8 heteroatoms. The van der Waals surface area contributed by atoms with Crippen LogP contribution in [0.25, 0.3) is 0 Å². The lowest BCUT2D eigenvalue weighted by Gasteiger charge is -2.13. The zero-order chi connectivity index (χ0) is 16.7. The molecular formula is C15H19N5O2S. The van der Waals surface area contributed by atoms with Gasteiger partial charge in [0.05, 0.1) is 30.0 Å². The van der Waals surface area contributed by atoms with Crippen molar-refractivity contribution in [2.45, 2.75) is 33.9 Å². The standard InChI is InChI=1S/C15H19N5O2S/c1-5-16-15-17-8(2)12(23-15)14(22)20-6-10-11(7-20)18-9(3)19(4)13(10)21/h5-7H2,1-4H3,(H,16,17). The van der Waals surface area contributed by atoms with Crippen LogP contribution in [0.3, 0.4) is 0 Å². The first-order chi connectivity index (χ1) is 10.9. The minimum Gasteiger partial charge on any atom is -0.362 e. The molecule has 0 saturated heterocycles. The summed E-state index contributed by atoms with van der Waals surface area (Å²) in [5.74, 6) is 0.563. The zero-order valence-electron chi connectivity index (χ0n) is 13.6. The first kappa shape index (κ1) is 15.7. The van der Waals surface area contributed by atoms with E-state index in [4.69, 9.17) is 0 Å². The predicted octanol–water partition coefficient (Wildman–Crippen LogP) is 1.44. The lowest BCUT2D eigenvalue weighted by molar-refractivity contribution is 0.0754. The number of thiazole rings is 1. The lowest BCUT2D eigenvalue weighted by atomic mass is 10.2. The van der Waals surface area contributed by atoms with Gasteiger partial charge in [-0.25, -0.2) is 9.97 Å². The SMILES string of the molecule is CCNc1nc(C)c(C(=O)N2Cc3nc(C)n(C)c(=O)c3C2)s1. The van der Waals surface area contributed by atoms with Crippen LogP contribution in [-0.4, -0.2) is 31.9 Å². The Kier molecular flexibility index (Phi) is 3.93. The Morgan fingerprint density at radius 2 is 2.04 bits per heavy atom. The van der Waals surface area contributed by atoms with Gasteiger partial charge >= 0.3 is 0 Å². The molecule has 3 rings (SSSR count). The molecule has 0 fully saturated rings. The number of fused-ring (bicyclic) bond motifs is 1. The van der Waals surface area contributed by atoms with Gasteiger partial charge in [0, 0.05) is 13.6 Å². The molecule has 1 aliphatic rings. The average Bonchev–Trinajstić information content (AvgIpc) is 3.08. The Bertz CT molecular complexity index is 839. The van der Waals surface area contributed by atoms with Gasteiger partial charge in [0.25, 0.3) is 11.5 Å². The summed E-state index contributed by atoms with van der Waals surface area (Å²) in [6, 6.07) is 0. The number of rotatable bonds is 3. The third kappa shape index (κ3) is 2.63. The van der Waals surface area contributed by atoms with Crippen molar-refractivity contribution in [3.8, 4) is 0 Å². The van der Waals surface area contributed by atoms with Crippen molar-refractivity contribution >= 4 is 22.4 Å². The van der Waals surface area contributed by atoms with E-state index in [9.17, 15) is 9.59 Å². The number of hydrogen-bond donors (Lipinski definition) is 1. The van der Waals surface area contributed by atoms with Crippen molar-refractivity contribution in [3.63, 3.8) is 0 Å². The molecule has 122 valence electrons. The molecule has 23 heavy (non-hydrogen) atoms. The maximum atomic E-state index is 12.8. The van der Waals surface area contributed by atoms with E-state index in [0.717, 1.165) is 11.7 Å². The Labute approximate surface area is 138 Å². The first-order valence-electron chi connectivity index (χ1n) is 7.48. The van der Waals surface area contributed by atoms with Gasteiger partial charge in [-0.3, -0.25) is 14.2 Å². The fraction of sp³-hybridized carbons (Fsp3) is 0.467. The fourth-order valence-corrected chi connectivity index (χ4v) is 3.64. The van der Waals surface area contributed by atoms with Crippen LogP contribution in [0.4, 0.5) is 5.13 Å². The number of carbonyl (C=O) groups is 1. The van der Waals surface area contributed by atoms with Gasteiger partial charge in [0.15, 0.2) is 5.13 Å². The summed E-state index contributed by atoms with van der Waals surface area (Å²) >= 11 is 1.35. The van der Waals surface area contributed by atoms with E-state index in [1.807, 2.05) is 13.8 Å². The molecule has 2 aromatic rings. The van der Waals surface area contributed by atoms with Crippen LogP contribution in [0, 0.1) is 13.8 Å². The number of hydrogen-bond acceptors (Lipinski definition) is 6. The maximum absolute atomic E-state index is 12.8. The first-order valence-corrected chi connectivity index (χ1v) is 8.30. The molecule has 1 N–H and O–H groups in total. The fourth-order valence-electron chi connectivity index (χ4n) is 2.64. The minimum atomic E-state index is -0.0955. The van der Waals surface area contributed by atoms with E-state index in [0.29, 0.717) is 40.7 Å². The van der Waals surface area contributed by atoms with Crippen LogP contribution in [0.2, 0.25) is 0 Å². The van der Waals surface area contributed by atoms with Gasteiger partial charge in [0.2, 0.25) is 0 Å². The molecule has 2 aromatic heterocycles. The minimum absolute atomic E-state index is 0.0721. The second-order valence-corrected chi connectivity index (χ2v) is 6.57. The van der Waals surface area contributed by atoms with Crippen molar-refractivity contribution in [1.29, 1.82) is 0 Å². The van der Waals surface area contributed by atoms with Gasteiger partial charge in [-0.15, -0.1) is 0 Å². The summed E-state index contributed by atoms with van der Waals surface area (Å²) < 4.78 is 1.52. The van der Waals surface area contributed by atoms with E-state index in [2.05, 4.69) is 15.3 Å². The van der Waals surface area contributed by atoms with Gasteiger partial charge in [-0.05, 0) is 20.8 Å². The topological polar surface area (TPSA) is 80.1 Å². The van der Waals surface area contributed by atoms with Crippen LogP contribution in [0.5, 0.6) is 0 Å². The number of amides is 1. The van der Waals surface area contributed by atoms with Gasteiger partial charge in [0.1, 0.15) is 10.7 Å². The molecule has 0 atom stereocenters. The largest absolute Gasteiger partial charge is 0.362 e.